The van der Waals surface area contributed by atoms with Crippen LogP contribution in [0, 0.1) is 11.8 Å². The summed E-state index contributed by atoms with van der Waals surface area (Å²) < 4.78 is 81.4. The molecule has 192 valence electrons. The molecule has 12 heteroatoms. The number of carbonyl (C=O) groups is 1. The standard InChI is InChI=1S/C23H26F6N4O2/c1-31-13-20(30-14-31)21(34)33(10-15-3-2-4-19(7-15)35-23(27,28)29)18-8-16-11-32(12-17(16)9-18)6-5-22(24,25)26/h2-4,7,13-14,16-18H,5-6,8-12H2,1H3/t16-,17+,18?. The van der Waals surface area contributed by atoms with Crippen molar-refractivity contribution in [3.8, 4) is 5.75 Å². The Bertz CT molecular complexity index is 1020. The number of fused-ring (bicyclic) bond motifs is 1. The maximum atomic E-state index is 13.4. The van der Waals surface area contributed by atoms with E-state index in [0.717, 1.165) is 0 Å². The Morgan fingerprint density at radius 3 is 2.40 bits per heavy atom. The van der Waals surface area contributed by atoms with Crippen LogP contribution in [-0.2, 0) is 13.6 Å². The zero-order valence-corrected chi connectivity index (χ0v) is 19.0. The van der Waals surface area contributed by atoms with E-state index in [9.17, 15) is 31.1 Å². The fourth-order valence-electron chi connectivity index (χ4n) is 5.16. The number of hydrogen-bond acceptors (Lipinski definition) is 4. The number of imidazole rings is 1. The van der Waals surface area contributed by atoms with E-state index in [2.05, 4.69) is 9.72 Å². The third-order valence-electron chi connectivity index (χ3n) is 6.62. The molecule has 1 amide bonds. The number of nitrogens with zero attached hydrogens (tertiary/aromatic N) is 4. The number of carbonyl (C=O) groups excluding carboxylic acids is 1. The Hall–Kier alpha value is -2.76. The molecule has 35 heavy (non-hydrogen) atoms. The predicted octanol–water partition coefficient (Wildman–Crippen LogP) is 4.62. The topological polar surface area (TPSA) is 50.6 Å². The molecule has 0 radical (unpaired) electrons. The van der Waals surface area contributed by atoms with E-state index in [0.29, 0.717) is 31.5 Å². The number of aryl methyl sites for hydroxylation is 1. The van der Waals surface area contributed by atoms with Crippen molar-refractivity contribution in [2.45, 2.75) is 44.4 Å². The van der Waals surface area contributed by atoms with Gasteiger partial charge in [0.15, 0.2) is 0 Å². The van der Waals surface area contributed by atoms with Crippen molar-refractivity contribution in [1.82, 2.24) is 19.4 Å². The largest absolute Gasteiger partial charge is 0.573 e. The highest BCUT2D eigenvalue weighted by atomic mass is 19.4. The van der Waals surface area contributed by atoms with Gasteiger partial charge in [-0.05, 0) is 42.4 Å². The molecule has 1 aliphatic carbocycles. The van der Waals surface area contributed by atoms with Crippen molar-refractivity contribution < 1.29 is 35.9 Å². The SMILES string of the molecule is Cn1cnc(C(=O)N(Cc2cccc(OC(F)(F)F)c2)C2C[C@@H]3CN(CCC(F)(F)F)C[C@@H]3C2)c1. The van der Waals surface area contributed by atoms with Crippen LogP contribution in [0.2, 0.25) is 0 Å². The lowest BCUT2D eigenvalue weighted by atomic mass is 10.0. The second-order valence-electron chi connectivity index (χ2n) is 9.32. The van der Waals surface area contributed by atoms with Crippen LogP contribution in [0.1, 0.15) is 35.3 Å². The molecule has 3 atom stereocenters. The van der Waals surface area contributed by atoms with Crippen molar-refractivity contribution in [2.75, 3.05) is 19.6 Å². The highest BCUT2D eigenvalue weighted by Crippen LogP contribution is 2.41. The molecular weight excluding hydrogens is 478 g/mol. The Morgan fingerprint density at radius 1 is 1.14 bits per heavy atom. The summed E-state index contributed by atoms with van der Waals surface area (Å²) in [5.41, 5.74) is 0.693. The summed E-state index contributed by atoms with van der Waals surface area (Å²) in [4.78, 5) is 20.9. The number of ether oxygens (including phenoxy) is 1. The fraction of sp³-hybridized carbons (Fsp3) is 0.565. The molecule has 1 aliphatic heterocycles. The van der Waals surface area contributed by atoms with E-state index in [1.165, 1.54) is 24.5 Å². The number of alkyl halides is 6. The molecule has 2 heterocycles. The third kappa shape index (κ3) is 6.68. The van der Waals surface area contributed by atoms with Gasteiger partial charge in [-0.3, -0.25) is 4.79 Å². The van der Waals surface area contributed by atoms with E-state index < -0.39 is 19.0 Å². The third-order valence-corrected chi connectivity index (χ3v) is 6.62. The predicted molar refractivity (Wildman–Crippen MR) is 113 cm³/mol. The average molecular weight is 504 g/mol. The van der Waals surface area contributed by atoms with Gasteiger partial charge in [0, 0.05) is 45.5 Å². The molecule has 2 aliphatic rings. The minimum Gasteiger partial charge on any atom is -0.406 e. The number of hydrogen-bond donors (Lipinski definition) is 0. The van der Waals surface area contributed by atoms with Gasteiger partial charge >= 0.3 is 12.5 Å². The smallest absolute Gasteiger partial charge is 0.406 e. The molecule has 1 saturated heterocycles. The summed E-state index contributed by atoms with van der Waals surface area (Å²) in [6.07, 6.45) is -5.58. The van der Waals surface area contributed by atoms with Crippen molar-refractivity contribution in [2.24, 2.45) is 18.9 Å². The van der Waals surface area contributed by atoms with Gasteiger partial charge < -0.3 is 19.1 Å². The van der Waals surface area contributed by atoms with Crippen LogP contribution in [0.3, 0.4) is 0 Å². The quantitative estimate of drug-likeness (QED) is 0.517. The maximum Gasteiger partial charge on any atom is 0.573 e. The monoisotopic (exact) mass is 504 g/mol. The minimum atomic E-state index is -4.83. The van der Waals surface area contributed by atoms with E-state index in [-0.39, 0.29) is 48.3 Å². The first-order valence-corrected chi connectivity index (χ1v) is 11.3. The van der Waals surface area contributed by atoms with E-state index in [1.54, 1.807) is 28.8 Å². The second-order valence-corrected chi connectivity index (χ2v) is 9.32. The first-order chi connectivity index (χ1) is 16.4. The molecule has 1 aromatic heterocycles. The maximum absolute atomic E-state index is 13.4. The molecule has 2 fully saturated rings. The Kier molecular flexibility index (Phi) is 7.03. The fourth-order valence-corrected chi connectivity index (χ4v) is 5.16. The van der Waals surface area contributed by atoms with Gasteiger partial charge in [0.25, 0.3) is 5.91 Å². The van der Waals surface area contributed by atoms with Crippen molar-refractivity contribution in [3.05, 3.63) is 48.0 Å². The van der Waals surface area contributed by atoms with Crippen LogP contribution >= 0.6 is 0 Å². The molecule has 1 aromatic carbocycles. The number of rotatable bonds is 7. The summed E-state index contributed by atoms with van der Waals surface area (Å²) >= 11 is 0. The molecule has 2 aromatic rings. The summed E-state index contributed by atoms with van der Waals surface area (Å²) in [7, 11) is 1.72. The zero-order valence-electron chi connectivity index (χ0n) is 19.0. The summed E-state index contributed by atoms with van der Waals surface area (Å²) in [6.45, 7) is 1.10. The van der Waals surface area contributed by atoms with Gasteiger partial charge in [0.2, 0.25) is 0 Å². The lowest BCUT2D eigenvalue weighted by molar-refractivity contribution is -0.274. The van der Waals surface area contributed by atoms with Gasteiger partial charge in [-0.2, -0.15) is 13.2 Å². The van der Waals surface area contributed by atoms with Gasteiger partial charge in [-0.1, -0.05) is 12.1 Å². The molecule has 0 bridgehead atoms. The Morgan fingerprint density at radius 2 is 1.83 bits per heavy atom. The first-order valence-electron chi connectivity index (χ1n) is 11.3. The van der Waals surface area contributed by atoms with E-state index >= 15 is 0 Å². The van der Waals surface area contributed by atoms with Gasteiger partial charge in [-0.15, -0.1) is 13.2 Å². The molecule has 1 saturated carbocycles. The van der Waals surface area contributed by atoms with Crippen LogP contribution in [0.4, 0.5) is 26.3 Å². The minimum absolute atomic E-state index is 0.0380. The number of benzene rings is 1. The van der Waals surface area contributed by atoms with Crippen molar-refractivity contribution in [1.29, 1.82) is 0 Å². The normalized spacial score (nSPS) is 22.9. The molecular formula is C23H26F6N4O2. The first kappa shape index (κ1) is 25.3. The molecule has 4 rings (SSSR count). The number of aromatic nitrogens is 2. The van der Waals surface area contributed by atoms with Gasteiger partial charge in [-0.25, -0.2) is 4.98 Å². The van der Waals surface area contributed by atoms with Crippen LogP contribution in [0.15, 0.2) is 36.8 Å². The highest BCUT2D eigenvalue weighted by molar-refractivity contribution is 5.92. The summed E-state index contributed by atoms with van der Waals surface area (Å²) in [5, 5.41) is 0. The lowest BCUT2D eigenvalue weighted by Gasteiger charge is -2.30. The van der Waals surface area contributed by atoms with E-state index in [1.807, 2.05) is 4.90 Å². The molecule has 1 unspecified atom stereocenters. The lowest BCUT2D eigenvalue weighted by Crippen LogP contribution is -2.40. The van der Waals surface area contributed by atoms with Crippen molar-refractivity contribution >= 4 is 5.91 Å². The van der Waals surface area contributed by atoms with Gasteiger partial charge in [0.05, 0.1) is 12.7 Å². The number of halogens is 6. The van der Waals surface area contributed by atoms with Crippen LogP contribution < -0.4 is 4.74 Å². The summed E-state index contributed by atoms with van der Waals surface area (Å²) in [5.74, 6) is -0.394. The zero-order chi connectivity index (χ0) is 25.4. The van der Waals surface area contributed by atoms with E-state index in [4.69, 9.17) is 0 Å². The highest BCUT2D eigenvalue weighted by Gasteiger charge is 2.44. The van der Waals surface area contributed by atoms with Crippen molar-refractivity contribution in [3.63, 3.8) is 0 Å². The van der Waals surface area contributed by atoms with Crippen LogP contribution in [0.25, 0.3) is 0 Å². The van der Waals surface area contributed by atoms with Gasteiger partial charge in [0.1, 0.15) is 11.4 Å². The second kappa shape index (κ2) is 9.71. The molecule has 0 spiro atoms. The average Bonchev–Trinajstić information content (AvgIpc) is 3.43. The Labute approximate surface area is 198 Å². The number of likely N-dealkylation sites (tertiary alicyclic amines) is 1. The summed E-state index contributed by atoms with van der Waals surface area (Å²) in [6, 6.07) is 5.30. The molecule has 6 nitrogen and oxygen atoms in total. The van der Waals surface area contributed by atoms with Crippen LogP contribution in [-0.4, -0.2) is 63.5 Å². The van der Waals surface area contributed by atoms with Crippen LogP contribution in [0.5, 0.6) is 5.75 Å². The number of amides is 1. The Balaban J connectivity index is 1.48. The molecule has 0 N–H and O–H groups in total.